The molecule has 0 bridgehead atoms. The van der Waals surface area contributed by atoms with Crippen molar-refractivity contribution < 1.29 is 9.13 Å². The molecule has 8 heteroatoms. The highest BCUT2D eigenvalue weighted by atomic mass is 19.1. The zero-order valence-corrected chi connectivity index (χ0v) is 16.9. The molecular weight excluding hydrogens is 397 g/mol. The van der Waals surface area contributed by atoms with E-state index < -0.39 is 5.95 Å². The molecule has 4 aromatic heterocycles. The van der Waals surface area contributed by atoms with E-state index in [9.17, 15) is 9.18 Å². The van der Waals surface area contributed by atoms with E-state index in [2.05, 4.69) is 15.0 Å². The molecule has 0 fully saturated rings. The third kappa shape index (κ3) is 3.04. The number of aromatic nitrogens is 5. The fourth-order valence-electron chi connectivity index (χ4n) is 3.73. The smallest absolute Gasteiger partial charge is 0.333 e. The Morgan fingerprint density at radius 2 is 1.87 bits per heavy atom. The van der Waals surface area contributed by atoms with E-state index in [-0.39, 0.29) is 11.4 Å². The van der Waals surface area contributed by atoms with Crippen molar-refractivity contribution in [2.75, 3.05) is 6.61 Å². The first kappa shape index (κ1) is 18.9. The third-order valence-electron chi connectivity index (χ3n) is 5.23. The lowest BCUT2D eigenvalue weighted by atomic mass is 10.0. The number of aryl methyl sites for hydroxylation is 1. The van der Waals surface area contributed by atoms with Crippen molar-refractivity contribution in [2.24, 2.45) is 7.05 Å². The van der Waals surface area contributed by atoms with Crippen LogP contribution in [0.3, 0.4) is 0 Å². The summed E-state index contributed by atoms with van der Waals surface area (Å²) >= 11 is 0. The number of hydrogen-bond donors (Lipinski definition) is 0. The maximum atomic E-state index is 14.5. The van der Waals surface area contributed by atoms with Crippen LogP contribution in [-0.2, 0) is 7.05 Å². The number of rotatable bonds is 4. The monoisotopic (exact) mass is 415 g/mol. The van der Waals surface area contributed by atoms with Crippen LogP contribution in [0.15, 0.2) is 65.8 Å². The molecule has 0 aliphatic rings. The molecule has 7 nitrogen and oxygen atoms in total. The van der Waals surface area contributed by atoms with Gasteiger partial charge in [-0.2, -0.15) is 4.39 Å². The summed E-state index contributed by atoms with van der Waals surface area (Å²) in [5.41, 5.74) is 3.38. The Kier molecular flexibility index (Phi) is 4.47. The Hall–Kier alpha value is -4.07. The average Bonchev–Trinajstić information content (AvgIpc) is 3.05. The molecule has 0 saturated carbocycles. The van der Waals surface area contributed by atoms with Gasteiger partial charge in [0, 0.05) is 36.5 Å². The molecule has 5 aromatic rings. The number of hydrogen-bond acceptors (Lipinski definition) is 5. The Bertz CT molecular complexity index is 1490. The third-order valence-corrected chi connectivity index (χ3v) is 5.23. The van der Waals surface area contributed by atoms with Gasteiger partial charge in [-0.1, -0.05) is 6.07 Å². The lowest BCUT2D eigenvalue weighted by molar-refractivity contribution is 0.327. The maximum Gasteiger partial charge on any atom is 0.333 e. The SMILES string of the molecule is CCOc1ccc(-c2ccc3ncc4c(c3c2)n(-c2cccnc2F)c(=O)n4C)cn1. The summed E-state index contributed by atoms with van der Waals surface area (Å²) in [6.45, 7) is 2.45. The first-order chi connectivity index (χ1) is 15.1. The number of ether oxygens (including phenoxy) is 1. The second kappa shape index (κ2) is 7.32. The van der Waals surface area contributed by atoms with E-state index in [0.717, 1.165) is 16.5 Å². The van der Waals surface area contributed by atoms with Gasteiger partial charge in [0.15, 0.2) is 0 Å². The molecule has 1 aromatic carbocycles. The van der Waals surface area contributed by atoms with E-state index >= 15 is 0 Å². The van der Waals surface area contributed by atoms with Gasteiger partial charge < -0.3 is 4.74 Å². The summed E-state index contributed by atoms with van der Waals surface area (Å²) in [6.07, 6.45) is 4.71. The molecule has 0 aliphatic carbocycles. The van der Waals surface area contributed by atoms with Gasteiger partial charge in [0.1, 0.15) is 5.69 Å². The highest BCUT2D eigenvalue weighted by molar-refractivity contribution is 6.04. The fraction of sp³-hybridized carbons (Fsp3) is 0.130. The van der Waals surface area contributed by atoms with Crippen LogP contribution in [0, 0.1) is 5.95 Å². The molecule has 31 heavy (non-hydrogen) atoms. The molecule has 0 atom stereocenters. The van der Waals surface area contributed by atoms with E-state index in [1.165, 1.54) is 21.4 Å². The largest absolute Gasteiger partial charge is 0.478 e. The van der Waals surface area contributed by atoms with Crippen molar-refractivity contribution in [2.45, 2.75) is 6.92 Å². The molecule has 0 radical (unpaired) electrons. The molecule has 0 spiro atoms. The summed E-state index contributed by atoms with van der Waals surface area (Å²) < 4.78 is 22.7. The summed E-state index contributed by atoms with van der Waals surface area (Å²) in [5, 5.41) is 0.727. The van der Waals surface area contributed by atoms with Gasteiger partial charge in [-0.25, -0.2) is 14.8 Å². The molecule has 4 heterocycles. The highest BCUT2D eigenvalue weighted by Crippen LogP contribution is 2.30. The van der Waals surface area contributed by atoms with Crippen LogP contribution in [0.4, 0.5) is 4.39 Å². The lowest BCUT2D eigenvalue weighted by Crippen LogP contribution is -2.21. The highest BCUT2D eigenvalue weighted by Gasteiger charge is 2.19. The van der Waals surface area contributed by atoms with Gasteiger partial charge in [-0.15, -0.1) is 0 Å². The number of benzene rings is 1. The fourth-order valence-corrected chi connectivity index (χ4v) is 3.73. The lowest BCUT2D eigenvalue weighted by Gasteiger charge is -2.09. The van der Waals surface area contributed by atoms with E-state index in [0.29, 0.717) is 29.0 Å². The number of pyridine rings is 3. The standard InChI is InChI=1S/C23H18FN5O2/c1-3-31-20-9-7-15(12-27-20)14-6-8-17-16(11-14)21-19(13-26-17)28(2)23(30)29(21)18-5-4-10-25-22(18)24/h4-13H,3H2,1-2H3. The zero-order valence-electron chi connectivity index (χ0n) is 16.9. The van der Waals surface area contributed by atoms with E-state index in [1.807, 2.05) is 37.3 Å². The maximum absolute atomic E-state index is 14.5. The molecule has 0 N–H and O–H groups in total. The Labute approximate surface area is 176 Å². The molecule has 154 valence electrons. The molecule has 0 saturated heterocycles. The molecule has 5 rings (SSSR count). The summed E-state index contributed by atoms with van der Waals surface area (Å²) in [7, 11) is 1.64. The number of fused-ring (bicyclic) bond motifs is 3. The molecule has 0 unspecified atom stereocenters. The molecular formula is C23H18FN5O2. The van der Waals surface area contributed by atoms with Crippen molar-refractivity contribution in [3.63, 3.8) is 0 Å². The van der Waals surface area contributed by atoms with E-state index in [1.54, 1.807) is 25.5 Å². The normalized spacial score (nSPS) is 11.3. The molecule has 0 amide bonds. The minimum atomic E-state index is -0.714. The first-order valence-corrected chi connectivity index (χ1v) is 9.79. The Morgan fingerprint density at radius 3 is 2.61 bits per heavy atom. The van der Waals surface area contributed by atoms with Crippen molar-refractivity contribution in [3.05, 3.63) is 77.5 Å². The summed E-state index contributed by atoms with van der Waals surface area (Å²) in [4.78, 5) is 25.6. The summed E-state index contributed by atoms with van der Waals surface area (Å²) in [5.74, 6) is -0.158. The average molecular weight is 415 g/mol. The number of imidazole rings is 1. The van der Waals surface area contributed by atoms with Crippen LogP contribution in [0.5, 0.6) is 5.88 Å². The van der Waals surface area contributed by atoms with Gasteiger partial charge >= 0.3 is 5.69 Å². The minimum Gasteiger partial charge on any atom is -0.478 e. The second-order valence-electron chi connectivity index (χ2n) is 7.03. The zero-order chi connectivity index (χ0) is 21.5. The Morgan fingerprint density at radius 1 is 1.03 bits per heavy atom. The summed E-state index contributed by atoms with van der Waals surface area (Å²) in [6, 6.07) is 12.6. The quantitative estimate of drug-likeness (QED) is 0.417. The first-order valence-electron chi connectivity index (χ1n) is 9.79. The second-order valence-corrected chi connectivity index (χ2v) is 7.03. The predicted molar refractivity (Wildman–Crippen MR) is 116 cm³/mol. The van der Waals surface area contributed by atoms with Crippen LogP contribution in [-0.4, -0.2) is 30.7 Å². The van der Waals surface area contributed by atoms with Crippen LogP contribution < -0.4 is 10.4 Å². The van der Waals surface area contributed by atoms with Gasteiger partial charge in [0.25, 0.3) is 0 Å². The predicted octanol–water partition coefficient (Wildman–Crippen LogP) is 3.87. The Balaban J connectivity index is 1.79. The van der Waals surface area contributed by atoms with Crippen molar-refractivity contribution in [1.82, 2.24) is 24.1 Å². The number of nitrogens with zero attached hydrogens (tertiary/aromatic N) is 5. The van der Waals surface area contributed by atoms with Crippen LogP contribution in [0.25, 0.3) is 38.8 Å². The van der Waals surface area contributed by atoms with Crippen LogP contribution >= 0.6 is 0 Å². The van der Waals surface area contributed by atoms with Crippen molar-refractivity contribution in [1.29, 1.82) is 0 Å². The van der Waals surface area contributed by atoms with Crippen molar-refractivity contribution in [3.8, 4) is 22.7 Å². The van der Waals surface area contributed by atoms with Crippen molar-refractivity contribution >= 4 is 21.9 Å². The van der Waals surface area contributed by atoms with E-state index in [4.69, 9.17) is 4.74 Å². The van der Waals surface area contributed by atoms with Crippen LogP contribution in [0.1, 0.15) is 6.92 Å². The van der Waals surface area contributed by atoms with Gasteiger partial charge in [-0.05, 0) is 42.8 Å². The van der Waals surface area contributed by atoms with Gasteiger partial charge in [-0.3, -0.25) is 14.1 Å². The number of halogens is 1. The van der Waals surface area contributed by atoms with Gasteiger partial charge in [0.05, 0.1) is 29.4 Å². The van der Waals surface area contributed by atoms with Gasteiger partial charge in [0.2, 0.25) is 11.8 Å². The topological polar surface area (TPSA) is 74.8 Å². The molecule has 0 aliphatic heterocycles. The van der Waals surface area contributed by atoms with Crippen LogP contribution in [0.2, 0.25) is 0 Å². The minimum absolute atomic E-state index is 0.0961.